The largest absolute Gasteiger partial charge is 0.448 e. The van der Waals surface area contributed by atoms with Crippen molar-refractivity contribution in [3.63, 3.8) is 0 Å². The van der Waals surface area contributed by atoms with E-state index in [0.717, 1.165) is 20.5 Å². The first kappa shape index (κ1) is 23.8. The summed E-state index contributed by atoms with van der Waals surface area (Å²) in [6.07, 6.45) is 1.23. The molecule has 0 aliphatic carbocycles. The number of esters is 1. The van der Waals surface area contributed by atoms with E-state index < -0.39 is 18.1 Å². The molecule has 2 N–H and O–H groups in total. The van der Waals surface area contributed by atoms with Crippen LogP contribution in [0.25, 0.3) is 0 Å². The predicted octanol–water partition coefficient (Wildman–Crippen LogP) is 4.28. The van der Waals surface area contributed by atoms with E-state index in [2.05, 4.69) is 10.2 Å². The Morgan fingerprint density at radius 2 is 1.80 bits per heavy atom. The number of thioether (sulfide) groups is 2. The average molecular weight is 523 g/mol. The quantitative estimate of drug-likeness (QED) is 0.279. The minimum Gasteiger partial charge on any atom is -0.448 e. The maximum atomic E-state index is 13.7. The minimum atomic E-state index is -0.619. The van der Waals surface area contributed by atoms with Crippen molar-refractivity contribution in [2.45, 2.75) is 28.8 Å². The van der Waals surface area contributed by atoms with Gasteiger partial charge in [-0.15, -0.1) is 22.0 Å². The normalized spacial score (nSPS) is 19.7. The zero-order valence-electron chi connectivity index (χ0n) is 18.7. The number of carbonyl (C=O) groups excluding carboxylic acids is 2. The van der Waals surface area contributed by atoms with E-state index in [1.54, 1.807) is 11.8 Å². The van der Waals surface area contributed by atoms with Gasteiger partial charge in [0.25, 0.3) is 0 Å². The van der Waals surface area contributed by atoms with Crippen LogP contribution in [0.4, 0.5) is 0 Å². The van der Waals surface area contributed by atoms with Gasteiger partial charge in [0.1, 0.15) is 22.1 Å². The molecule has 0 bridgehead atoms. The van der Waals surface area contributed by atoms with Crippen molar-refractivity contribution in [2.75, 3.05) is 5.75 Å². The number of rotatable bonds is 7. The summed E-state index contributed by atoms with van der Waals surface area (Å²) in [5, 5.41) is 10.6. The molecule has 3 aromatic rings. The van der Waals surface area contributed by atoms with Crippen LogP contribution in [0.15, 0.2) is 87.8 Å². The Hall–Kier alpha value is -2.92. The smallest absolute Gasteiger partial charge is 0.356 e. The Morgan fingerprint density at radius 1 is 1.14 bits per heavy atom. The van der Waals surface area contributed by atoms with Crippen LogP contribution >= 0.6 is 34.9 Å². The summed E-state index contributed by atoms with van der Waals surface area (Å²) in [5.74, 6) is -0.284. The summed E-state index contributed by atoms with van der Waals surface area (Å²) in [7, 11) is 0. The molecular formula is C25H22N4O3S3. The fourth-order valence-electron chi connectivity index (χ4n) is 3.90. The molecule has 1 saturated heterocycles. The molecule has 1 fully saturated rings. The number of benzene rings is 2. The van der Waals surface area contributed by atoms with Crippen LogP contribution in [0, 0.1) is 6.92 Å². The van der Waals surface area contributed by atoms with Crippen molar-refractivity contribution in [3.05, 3.63) is 99.6 Å². The molecule has 0 radical (unpaired) electrons. The molecule has 35 heavy (non-hydrogen) atoms. The molecule has 3 heterocycles. The van der Waals surface area contributed by atoms with Crippen molar-refractivity contribution < 1.29 is 14.3 Å². The van der Waals surface area contributed by atoms with Crippen LogP contribution in [0.3, 0.4) is 0 Å². The Morgan fingerprint density at radius 3 is 2.40 bits per heavy atom. The van der Waals surface area contributed by atoms with Gasteiger partial charge in [-0.3, -0.25) is 9.69 Å². The Kier molecular flexibility index (Phi) is 7.05. The van der Waals surface area contributed by atoms with E-state index in [0.29, 0.717) is 11.3 Å². The minimum absolute atomic E-state index is 0.252. The maximum Gasteiger partial charge on any atom is 0.356 e. The van der Waals surface area contributed by atoms with Gasteiger partial charge in [-0.25, -0.2) is 4.79 Å². The van der Waals surface area contributed by atoms with Crippen LogP contribution in [0.5, 0.6) is 0 Å². The lowest BCUT2D eigenvalue weighted by Crippen LogP contribution is -2.68. The van der Waals surface area contributed by atoms with Gasteiger partial charge in [-0.1, -0.05) is 83.8 Å². The monoisotopic (exact) mass is 522 g/mol. The highest BCUT2D eigenvalue weighted by Gasteiger charge is 2.52. The lowest BCUT2D eigenvalue weighted by Gasteiger charge is -2.48. The number of hydrogen-bond donors (Lipinski definition) is 1. The van der Waals surface area contributed by atoms with Crippen LogP contribution in [-0.2, 0) is 14.3 Å². The number of amides is 1. The van der Waals surface area contributed by atoms with Crippen LogP contribution in [0.2, 0.25) is 0 Å². The second-order valence-electron chi connectivity index (χ2n) is 7.92. The molecular weight excluding hydrogens is 501 g/mol. The molecule has 2 aliphatic heterocycles. The number of aromatic nitrogens is 2. The molecule has 7 nitrogen and oxygen atoms in total. The number of allylic oxidation sites excluding steroid dienone is 1. The van der Waals surface area contributed by atoms with Crippen molar-refractivity contribution in [2.24, 2.45) is 5.73 Å². The molecule has 1 amide bonds. The van der Waals surface area contributed by atoms with Crippen molar-refractivity contribution >= 4 is 46.7 Å². The Balaban J connectivity index is 1.47. The van der Waals surface area contributed by atoms with E-state index >= 15 is 0 Å². The number of nitrogens with zero attached hydrogens (tertiary/aromatic N) is 3. The highest BCUT2D eigenvalue weighted by molar-refractivity contribution is 8.03. The predicted molar refractivity (Wildman–Crippen MR) is 139 cm³/mol. The third-order valence-electron chi connectivity index (χ3n) is 5.61. The highest BCUT2D eigenvalue weighted by Crippen LogP contribution is 2.41. The first-order valence-corrected chi connectivity index (χ1v) is 13.6. The number of aryl methyl sites for hydroxylation is 1. The van der Waals surface area contributed by atoms with E-state index in [1.165, 1.54) is 28.0 Å². The number of carbonyl (C=O) groups is 2. The summed E-state index contributed by atoms with van der Waals surface area (Å²) in [5.41, 5.74) is 8.68. The highest BCUT2D eigenvalue weighted by atomic mass is 32.2. The Bertz CT molecular complexity index is 1250. The average Bonchev–Trinajstić information content (AvgIpc) is 3.32. The fourth-order valence-corrected chi connectivity index (χ4v) is 6.74. The van der Waals surface area contributed by atoms with E-state index in [4.69, 9.17) is 10.5 Å². The van der Waals surface area contributed by atoms with Gasteiger partial charge in [0.05, 0.1) is 0 Å². The summed E-state index contributed by atoms with van der Waals surface area (Å²) in [6, 6.07) is 18.5. The number of nitrogens with two attached hydrogens (primary N) is 1. The van der Waals surface area contributed by atoms with Gasteiger partial charge in [-0.2, -0.15) is 0 Å². The van der Waals surface area contributed by atoms with Crippen LogP contribution < -0.4 is 5.73 Å². The fraction of sp³-hybridized carbons (Fsp3) is 0.200. The summed E-state index contributed by atoms with van der Waals surface area (Å²) in [6.45, 7) is 1.90. The van der Waals surface area contributed by atoms with Crippen molar-refractivity contribution in [1.29, 1.82) is 0 Å². The first-order valence-electron chi connectivity index (χ1n) is 10.9. The van der Waals surface area contributed by atoms with Gasteiger partial charge in [0, 0.05) is 5.75 Å². The standard InChI is InChI=1S/C25H22N4O3S3/c1-15-27-28-25(35-15)33-13-12-18-14-34-23-19(26)22(30)29(23)20(18)24(31)32-21(16-8-4-2-5-9-16)17-10-6-3-7-11-17/h2-13,19,21,23H,14,26H2,1H3/b13-12+. The molecule has 2 aromatic carbocycles. The molecule has 2 unspecified atom stereocenters. The molecule has 2 aliphatic rings. The van der Waals surface area contributed by atoms with E-state index in [-0.39, 0.29) is 17.0 Å². The second-order valence-corrected chi connectivity index (χ2v) is 11.4. The lowest BCUT2D eigenvalue weighted by molar-refractivity contribution is -0.153. The molecule has 10 heteroatoms. The molecule has 178 valence electrons. The molecule has 5 rings (SSSR count). The number of ether oxygens (including phenoxy) is 1. The topological polar surface area (TPSA) is 98.4 Å². The van der Waals surface area contributed by atoms with Crippen molar-refractivity contribution in [3.8, 4) is 0 Å². The van der Waals surface area contributed by atoms with Gasteiger partial charge in [-0.05, 0) is 35.1 Å². The second kappa shape index (κ2) is 10.4. The van der Waals surface area contributed by atoms with Gasteiger partial charge in [0.15, 0.2) is 10.4 Å². The Labute approximate surface area is 215 Å². The first-order chi connectivity index (χ1) is 17.0. The lowest BCUT2D eigenvalue weighted by atomic mass is 10.0. The van der Waals surface area contributed by atoms with Gasteiger partial charge < -0.3 is 10.5 Å². The third kappa shape index (κ3) is 4.92. The molecule has 0 spiro atoms. The zero-order valence-corrected chi connectivity index (χ0v) is 21.2. The summed E-state index contributed by atoms with van der Waals surface area (Å²) >= 11 is 4.46. The zero-order chi connectivity index (χ0) is 24.4. The number of hydrogen-bond acceptors (Lipinski definition) is 9. The van der Waals surface area contributed by atoms with Crippen LogP contribution in [0.1, 0.15) is 22.2 Å². The van der Waals surface area contributed by atoms with Crippen LogP contribution in [-0.4, -0.2) is 44.1 Å². The maximum absolute atomic E-state index is 13.7. The SMILES string of the molecule is Cc1nnc(S/C=C/C2=C(C(=O)OC(c3ccccc3)c3ccccc3)N3C(=O)C(N)C3SC2)s1. The van der Waals surface area contributed by atoms with Gasteiger partial charge in [0.2, 0.25) is 5.91 Å². The molecule has 1 aromatic heterocycles. The number of β-lactam (4-membered cyclic amide) rings is 1. The number of fused-ring (bicyclic) bond motifs is 1. The van der Waals surface area contributed by atoms with E-state index in [1.807, 2.05) is 79.1 Å². The van der Waals surface area contributed by atoms with Crippen molar-refractivity contribution in [1.82, 2.24) is 15.1 Å². The molecule has 2 atom stereocenters. The summed E-state index contributed by atoms with van der Waals surface area (Å²) in [4.78, 5) is 27.8. The summed E-state index contributed by atoms with van der Waals surface area (Å²) < 4.78 is 6.90. The van der Waals surface area contributed by atoms with Gasteiger partial charge >= 0.3 is 5.97 Å². The third-order valence-corrected chi connectivity index (χ3v) is 8.66. The molecule has 0 saturated carbocycles. The van der Waals surface area contributed by atoms with E-state index in [9.17, 15) is 9.59 Å².